The van der Waals surface area contributed by atoms with E-state index in [2.05, 4.69) is 18.7 Å². The van der Waals surface area contributed by atoms with Crippen molar-refractivity contribution in [3.63, 3.8) is 0 Å². The number of piperidine rings is 1. The molecule has 0 radical (unpaired) electrons. The topological polar surface area (TPSA) is 32.7 Å². The third kappa shape index (κ3) is 3.01. The quantitative estimate of drug-likeness (QED) is 0.814. The summed E-state index contributed by atoms with van der Waals surface area (Å²) >= 11 is 0. The SMILES string of the molecule is CC(C)(C)OCC(O)CN1CC2C(C1)C2(C)C. The van der Waals surface area contributed by atoms with Gasteiger partial charge in [0.15, 0.2) is 0 Å². The van der Waals surface area contributed by atoms with E-state index in [4.69, 9.17) is 4.74 Å². The molecular formula is C14H27NO2. The van der Waals surface area contributed by atoms with Crippen LogP contribution >= 0.6 is 0 Å². The Labute approximate surface area is 105 Å². The van der Waals surface area contributed by atoms with Crippen molar-refractivity contribution < 1.29 is 9.84 Å². The fourth-order valence-corrected chi connectivity index (χ4v) is 3.06. The highest BCUT2D eigenvalue weighted by atomic mass is 16.5. The van der Waals surface area contributed by atoms with Gasteiger partial charge in [-0.3, -0.25) is 0 Å². The van der Waals surface area contributed by atoms with Gasteiger partial charge in [0.2, 0.25) is 0 Å². The summed E-state index contributed by atoms with van der Waals surface area (Å²) < 4.78 is 5.60. The maximum Gasteiger partial charge on any atom is 0.0900 e. The van der Waals surface area contributed by atoms with E-state index in [-0.39, 0.29) is 11.7 Å². The van der Waals surface area contributed by atoms with Crippen molar-refractivity contribution in [1.29, 1.82) is 0 Å². The zero-order valence-corrected chi connectivity index (χ0v) is 11.9. The first-order valence-corrected chi connectivity index (χ1v) is 6.74. The van der Waals surface area contributed by atoms with E-state index in [1.165, 1.54) is 0 Å². The third-order valence-electron chi connectivity index (χ3n) is 4.38. The molecule has 1 aliphatic carbocycles. The van der Waals surface area contributed by atoms with E-state index in [9.17, 15) is 5.11 Å². The van der Waals surface area contributed by atoms with Crippen molar-refractivity contribution in [1.82, 2.24) is 4.90 Å². The van der Waals surface area contributed by atoms with E-state index in [0.29, 0.717) is 12.0 Å². The van der Waals surface area contributed by atoms with Gasteiger partial charge in [-0.05, 0) is 38.0 Å². The highest BCUT2D eigenvalue weighted by Gasteiger charge is 2.61. The summed E-state index contributed by atoms with van der Waals surface area (Å²) in [5.74, 6) is 1.72. The van der Waals surface area contributed by atoms with Gasteiger partial charge in [-0.25, -0.2) is 0 Å². The number of aliphatic hydroxyl groups excluding tert-OH is 1. The molecule has 1 saturated carbocycles. The zero-order chi connectivity index (χ0) is 12.8. The molecule has 0 aromatic carbocycles. The van der Waals surface area contributed by atoms with Gasteiger partial charge in [-0.15, -0.1) is 0 Å². The predicted octanol–water partition coefficient (Wildman–Crippen LogP) is 1.75. The molecule has 3 heteroatoms. The number of fused-ring (bicyclic) bond motifs is 1. The first-order valence-electron chi connectivity index (χ1n) is 6.74. The highest BCUT2D eigenvalue weighted by molar-refractivity contribution is 5.11. The largest absolute Gasteiger partial charge is 0.389 e. The molecule has 3 nitrogen and oxygen atoms in total. The molecule has 3 atom stereocenters. The minimum Gasteiger partial charge on any atom is -0.389 e. The van der Waals surface area contributed by atoms with Crippen LogP contribution in [0.25, 0.3) is 0 Å². The lowest BCUT2D eigenvalue weighted by Crippen LogP contribution is -2.37. The van der Waals surface area contributed by atoms with Crippen LogP contribution in [-0.2, 0) is 4.74 Å². The lowest BCUT2D eigenvalue weighted by atomic mass is 10.1. The molecule has 1 heterocycles. The van der Waals surface area contributed by atoms with Crippen LogP contribution in [0.4, 0.5) is 0 Å². The monoisotopic (exact) mass is 241 g/mol. The van der Waals surface area contributed by atoms with Crippen molar-refractivity contribution in [3.05, 3.63) is 0 Å². The second kappa shape index (κ2) is 4.22. The average molecular weight is 241 g/mol. The second-order valence-electron chi connectivity index (χ2n) is 7.33. The van der Waals surface area contributed by atoms with Gasteiger partial charge < -0.3 is 14.7 Å². The number of hydrogen-bond donors (Lipinski definition) is 1. The fraction of sp³-hybridized carbons (Fsp3) is 1.00. The van der Waals surface area contributed by atoms with Crippen LogP contribution < -0.4 is 0 Å². The lowest BCUT2D eigenvalue weighted by molar-refractivity contribution is -0.0558. The van der Waals surface area contributed by atoms with Gasteiger partial charge in [-0.2, -0.15) is 0 Å². The van der Waals surface area contributed by atoms with Crippen LogP contribution in [0.3, 0.4) is 0 Å². The Kier molecular flexibility index (Phi) is 3.30. The maximum atomic E-state index is 9.94. The highest BCUT2D eigenvalue weighted by Crippen LogP contribution is 2.61. The number of nitrogens with zero attached hydrogens (tertiary/aromatic N) is 1. The Morgan fingerprint density at radius 3 is 2.29 bits per heavy atom. The van der Waals surface area contributed by atoms with Crippen molar-refractivity contribution >= 4 is 0 Å². The third-order valence-corrected chi connectivity index (χ3v) is 4.38. The van der Waals surface area contributed by atoms with Crippen molar-refractivity contribution in [2.75, 3.05) is 26.2 Å². The Hall–Kier alpha value is -0.120. The van der Waals surface area contributed by atoms with E-state index in [1.807, 2.05) is 20.8 Å². The van der Waals surface area contributed by atoms with Gasteiger partial charge in [0.25, 0.3) is 0 Å². The van der Waals surface area contributed by atoms with Crippen molar-refractivity contribution in [2.45, 2.75) is 46.3 Å². The molecule has 2 aliphatic rings. The number of likely N-dealkylation sites (tertiary alicyclic amines) is 1. The van der Waals surface area contributed by atoms with Crippen LogP contribution in [0.15, 0.2) is 0 Å². The van der Waals surface area contributed by atoms with Crippen LogP contribution in [-0.4, -0.2) is 48.0 Å². The lowest BCUT2D eigenvalue weighted by Gasteiger charge is -2.26. The standard InChI is InChI=1S/C14H27NO2/c1-13(2,3)17-9-10(16)6-15-7-11-12(8-15)14(11,4)5/h10-12,16H,6-9H2,1-5H3. The number of ether oxygens (including phenoxy) is 1. The summed E-state index contributed by atoms with van der Waals surface area (Å²) in [5, 5.41) is 9.94. The average Bonchev–Trinajstić information content (AvgIpc) is 2.61. The molecule has 0 amide bonds. The summed E-state index contributed by atoms with van der Waals surface area (Å²) in [4.78, 5) is 2.39. The van der Waals surface area contributed by atoms with Gasteiger partial charge in [0.05, 0.1) is 18.3 Å². The van der Waals surface area contributed by atoms with Gasteiger partial charge in [-0.1, -0.05) is 13.8 Å². The van der Waals surface area contributed by atoms with E-state index < -0.39 is 0 Å². The number of rotatable bonds is 4. The first kappa shape index (κ1) is 13.3. The Balaban J connectivity index is 1.66. The van der Waals surface area contributed by atoms with Gasteiger partial charge in [0, 0.05) is 19.6 Å². The minimum absolute atomic E-state index is 0.157. The summed E-state index contributed by atoms with van der Waals surface area (Å²) in [5.41, 5.74) is 0.402. The number of β-amino-alcohol motifs (C(OH)–C–C–N with tert-alkyl or cyclic N) is 1. The molecule has 0 aromatic rings. The maximum absolute atomic E-state index is 9.94. The molecular weight excluding hydrogens is 214 g/mol. The normalized spacial score (nSPS) is 33.5. The van der Waals surface area contributed by atoms with Crippen LogP contribution in [0.1, 0.15) is 34.6 Å². The molecule has 0 spiro atoms. The molecule has 2 fully saturated rings. The Bertz CT molecular complexity index is 268. The van der Waals surface area contributed by atoms with Gasteiger partial charge in [0.1, 0.15) is 0 Å². The summed E-state index contributed by atoms with van der Waals surface area (Å²) in [6, 6.07) is 0. The molecule has 1 saturated heterocycles. The van der Waals surface area contributed by atoms with E-state index >= 15 is 0 Å². The number of aliphatic hydroxyl groups is 1. The predicted molar refractivity (Wildman–Crippen MR) is 68.9 cm³/mol. The van der Waals surface area contributed by atoms with Gasteiger partial charge >= 0.3 is 0 Å². The Morgan fingerprint density at radius 1 is 1.29 bits per heavy atom. The molecule has 3 unspecified atom stereocenters. The minimum atomic E-state index is -0.352. The number of hydrogen-bond acceptors (Lipinski definition) is 3. The smallest absolute Gasteiger partial charge is 0.0900 e. The second-order valence-corrected chi connectivity index (χ2v) is 7.33. The van der Waals surface area contributed by atoms with Crippen LogP contribution in [0.2, 0.25) is 0 Å². The zero-order valence-electron chi connectivity index (χ0n) is 11.9. The Morgan fingerprint density at radius 2 is 1.82 bits per heavy atom. The molecule has 100 valence electrons. The molecule has 17 heavy (non-hydrogen) atoms. The summed E-state index contributed by atoms with van der Waals surface area (Å²) in [6.07, 6.45) is -0.352. The van der Waals surface area contributed by atoms with Crippen molar-refractivity contribution in [2.24, 2.45) is 17.3 Å². The van der Waals surface area contributed by atoms with Crippen LogP contribution in [0, 0.1) is 17.3 Å². The molecule has 0 bridgehead atoms. The summed E-state index contributed by atoms with van der Waals surface area (Å²) in [7, 11) is 0. The molecule has 0 aromatic heterocycles. The molecule has 2 rings (SSSR count). The summed E-state index contributed by atoms with van der Waals surface area (Å²) in [6.45, 7) is 14.3. The van der Waals surface area contributed by atoms with Crippen LogP contribution in [0.5, 0.6) is 0 Å². The van der Waals surface area contributed by atoms with Crippen molar-refractivity contribution in [3.8, 4) is 0 Å². The molecule has 1 aliphatic heterocycles. The molecule has 1 N–H and O–H groups in total. The fourth-order valence-electron chi connectivity index (χ4n) is 3.06. The van der Waals surface area contributed by atoms with E-state index in [0.717, 1.165) is 31.5 Å². The first-order chi connectivity index (χ1) is 7.70. The van der Waals surface area contributed by atoms with E-state index in [1.54, 1.807) is 0 Å².